The van der Waals surface area contributed by atoms with Crippen molar-refractivity contribution in [2.75, 3.05) is 12.9 Å². The molecule has 10 heteroatoms. The molecule has 0 saturated heterocycles. The average Bonchev–Trinajstić information content (AvgIpc) is 3.10. The second kappa shape index (κ2) is 9.09. The number of fused-ring (bicyclic) bond motifs is 1. The molecule has 0 spiro atoms. The highest BCUT2D eigenvalue weighted by atomic mass is 32.2. The molecule has 3 aromatic rings. The molecule has 0 radical (unpaired) electrons. The maximum Gasteiger partial charge on any atom is 0.344 e. The minimum atomic E-state index is -3.60. The highest BCUT2D eigenvalue weighted by Gasteiger charge is 2.22. The first-order valence-electron chi connectivity index (χ1n) is 10.6. The zero-order valence-corrected chi connectivity index (χ0v) is 20.8. The molecule has 0 bridgehead atoms. The van der Waals surface area contributed by atoms with Crippen LogP contribution < -0.4 is 4.74 Å². The van der Waals surface area contributed by atoms with Gasteiger partial charge in [-0.2, -0.15) is 4.98 Å². The molecule has 0 aliphatic heterocycles. The Hall–Kier alpha value is -3.01. The van der Waals surface area contributed by atoms with E-state index in [-0.39, 0.29) is 17.5 Å². The van der Waals surface area contributed by atoms with Crippen molar-refractivity contribution in [1.82, 2.24) is 15.0 Å². The van der Waals surface area contributed by atoms with Crippen LogP contribution in [0.15, 0.2) is 21.7 Å². The van der Waals surface area contributed by atoms with Gasteiger partial charge in [0, 0.05) is 11.8 Å². The molecule has 33 heavy (non-hydrogen) atoms. The van der Waals surface area contributed by atoms with E-state index in [1.807, 2.05) is 32.9 Å². The summed E-state index contributed by atoms with van der Waals surface area (Å²) < 4.78 is 40.8. The molecular weight excluding hydrogens is 446 g/mol. The number of hydrogen-bond donors (Lipinski definition) is 0. The zero-order chi connectivity index (χ0) is 24.6. The predicted octanol–water partition coefficient (Wildman–Crippen LogP) is 3.98. The Morgan fingerprint density at radius 2 is 1.73 bits per heavy atom. The lowest BCUT2D eigenvalue weighted by molar-refractivity contribution is -0.157. The van der Waals surface area contributed by atoms with Gasteiger partial charge in [0.15, 0.2) is 12.1 Å². The van der Waals surface area contributed by atoms with E-state index in [2.05, 4.69) is 15.0 Å². The average molecular weight is 476 g/mol. The van der Waals surface area contributed by atoms with Crippen molar-refractivity contribution < 1.29 is 27.1 Å². The lowest BCUT2D eigenvalue weighted by Crippen LogP contribution is -2.27. The molecule has 0 unspecified atom stereocenters. The van der Waals surface area contributed by atoms with E-state index >= 15 is 0 Å². The molecule has 178 valence electrons. The summed E-state index contributed by atoms with van der Waals surface area (Å²) in [6, 6.07) is 3.65. The number of hydrogen-bond acceptors (Lipinski definition) is 9. The van der Waals surface area contributed by atoms with Gasteiger partial charge in [-0.1, -0.05) is 13.3 Å². The molecule has 3 rings (SSSR count). The minimum absolute atomic E-state index is 0.129. The van der Waals surface area contributed by atoms with Crippen LogP contribution >= 0.6 is 0 Å². The number of aryl methyl sites for hydroxylation is 3. The number of carbonyl (C=O) groups is 1. The first kappa shape index (κ1) is 24.6. The Bertz CT molecular complexity index is 1280. The van der Waals surface area contributed by atoms with E-state index in [4.69, 9.17) is 13.9 Å². The first-order chi connectivity index (χ1) is 15.3. The van der Waals surface area contributed by atoms with Gasteiger partial charge in [0.2, 0.25) is 20.9 Å². The molecular formula is C23H29N3O6S. The van der Waals surface area contributed by atoms with E-state index in [1.165, 1.54) is 0 Å². The summed E-state index contributed by atoms with van der Waals surface area (Å²) in [6.07, 6.45) is 2.37. The highest BCUT2D eigenvalue weighted by molar-refractivity contribution is 7.90. The molecule has 0 N–H and O–H groups in total. The van der Waals surface area contributed by atoms with Crippen molar-refractivity contribution in [3.05, 3.63) is 29.0 Å². The van der Waals surface area contributed by atoms with Crippen molar-refractivity contribution in [2.45, 2.75) is 65.1 Å². The Labute approximate surface area is 193 Å². The zero-order valence-electron chi connectivity index (χ0n) is 20.0. The number of nitrogens with zero attached hydrogens (tertiary/aromatic N) is 3. The third-order valence-electron chi connectivity index (χ3n) is 4.59. The summed E-state index contributed by atoms with van der Waals surface area (Å²) in [7, 11) is -3.60. The number of benzene rings is 1. The van der Waals surface area contributed by atoms with E-state index in [0.717, 1.165) is 23.8 Å². The molecule has 2 heterocycles. The number of oxazole rings is 1. The van der Waals surface area contributed by atoms with Crippen molar-refractivity contribution in [1.29, 1.82) is 0 Å². The number of aromatic nitrogens is 3. The molecule has 0 aliphatic carbocycles. The van der Waals surface area contributed by atoms with Crippen LogP contribution in [0.5, 0.6) is 5.75 Å². The maximum atomic E-state index is 12.0. The van der Waals surface area contributed by atoms with E-state index in [0.29, 0.717) is 34.8 Å². The van der Waals surface area contributed by atoms with Crippen LogP contribution in [-0.2, 0) is 25.8 Å². The van der Waals surface area contributed by atoms with Gasteiger partial charge in [-0.05, 0) is 64.3 Å². The first-order valence-corrected chi connectivity index (χ1v) is 12.5. The number of carbonyl (C=O) groups excluding carboxylic acids is 1. The molecule has 1 aromatic carbocycles. The third kappa shape index (κ3) is 5.87. The van der Waals surface area contributed by atoms with Gasteiger partial charge in [0.1, 0.15) is 11.4 Å². The van der Waals surface area contributed by atoms with Gasteiger partial charge in [-0.15, -0.1) is 0 Å². The summed E-state index contributed by atoms with van der Waals surface area (Å²) >= 11 is 0. The Morgan fingerprint density at radius 1 is 1.09 bits per heavy atom. The summed E-state index contributed by atoms with van der Waals surface area (Å²) in [4.78, 5) is 24.8. The standard InChI is InChI=1S/C23H29N3O6S/c1-8-9-16-18-21(26-22(24-16)33(7,28)29)31-20(25-18)15-10-13(2)19(14(3)11-15)30-12-17(27)32-23(4,5)6/h10-11H,8-9,12H2,1-7H3. The van der Waals surface area contributed by atoms with Crippen molar-refractivity contribution in [3.63, 3.8) is 0 Å². The fraction of sp³-hybridized carbons (Fsp3) is 0.478. The monoisotopic (exact) mass is 475 g/mol. The van der Waals surface area contributed by atoms with E-state index < -0.39 is 21.4 Å². The number of rotatable bonds is 7. The van der Waals surface area contributed by atoms with Crippen LogP contribution in [0.25, 0.3) is 22.7 Å². The van der Waals surface area contributed by atoms with Gasteiger partial charge in [0.25, 0.3) is 5.71 Å². The molecule has 2 aromatic heterocycles. The number of esters is 1. The Balaban J connectivity index is 1.95. The lowest BCUT2D eigenvalue weighted by Gasteiger charge is -2.20. The largest absolute Gasteiger partial charge is 0.481 e. The van der Waals surface area contributed by atoms with Gasteiger partial charge in [-0.3, -0.25) is 0 Å². The van der Waals surface area contributed by atoms with Crippen LogP contribution in [-0.4, -0.2) is 47.8 Å². The fourth-order valence-corrected chi connectivity index (χ4v) is 3.88. The molecule has 0 fully saturated rings. The molecule has 0 aliphatic rings. The summed E-state index contributed by atoms with van der Waals surface area (Å²) in [6.45, 7) is 10.9. The van der Waals surface area contributed by atoms with Gasteiger partial charge >= 0.3 is 5.97 Å². The normalized spacial score (nSPS) is 12.2. The maximum absolute atomic E-state index is 12.0. The predicted molar refractivity (Wildman–Crippen MR) is 123 cm³/mol. The van der Waals surface area contributed by atoms with E-state index in [1.54, 1.807) is 20.8 Å². The fourth-order valence-electron chi connectivity index (χ4n) is 3.36. The van der Waals surface area contributed by atoms with Crippen LogP contribution in [0.2, 0.25) is 0 Å². The molecule has 0 amide bonds. The summed E-state index contributed by atoms with van der Waals surface area (Å²) in [5.41, 5.74) is 2.77. The smallest absolute Gasteiger partial charge is 0.344 e. The van der Waals surface area contributed by atoms with Gasteiger partial charge in [0.05, 0.1) is 5.69 Å². The van der Waals surface area contributed by atoms with Crippen LogP contribution in [0.1, 0.15) is 50.9 Å². The van der Waals surface area contributed by atoms with Crippen molar-refractivity contribution in [3.8, 4) is 17.2 Å². The second-order valence-electron chi connectivity index (χ2n) is 8.96. The van der Waals surface area contributed by atoms with Gasteiger partial charge in [-0.25, -0.2) is 23.2 Å². The quantitative estimate of drug-likeness (QED) is 0.369. The van der Waals surface area contributed by atoms with Gasteiger partial charge < -0.3 is 13.9 Å². The van der Waals surface area contributed by atoms with Crippen molar-refractivity contribution >= 4 is 27.0 Å². The van der Waals surface area contributed by atoms with Crippen LogP contribution in [0.3, 0.4) is 0 Å². The summed E-state index contributed by atoms with van der Waals surface area (Å²) in [5, 5.41) is -0.278. The van der Waals surface area contributed by atoms with Crippen LogP contribution in [0, 0.1) is 13.8 Å². The van der Waals surface area contributed by atoms with E-state index in [9.17, 15) is 13.2 Å². The number of ether oxygens (including phenoxy) is 2. The minimum Gasteiger partial charge on any atom is -0.481 e. The molecule has 0 atom stereocenters. The highest BCUT2D eigenvalue weighted by Crippen LogP contribution is 2.32. The lowest BCUT2D eigenvalue weighted by atomic mass is 10.1. The Kier molecular flexibility index (Phi) is 6.78. The van der Waals surface area contributed by atoms with Crippen LogP contribution in [0.4, 0.5) is 0 Å². The Morgan fingerprint density at radius 3 is 2.27 bits per heavy atom. The second-order valence-corrected chi connectivity index (χ2v) is 10.9. The molecule has 9 nitrogen and oxygen atoms in total. The summed E-state index contributed by atoms with van der Waals surface area (Å²) in [5.74, 6) is 0.423. The topological polar surface area (TPSA) is 121 Å². The number of sulfone groups is 1. The molecule has 0 saturated carbocycles. The third-order valence-corrected chi connectivity index (χ3v) is 5.44. The SMILES string of the molecule is CCCc1nc(S(C)(=O)=O)nc2oc(-c3cc(C)c(OCC(=O)OC(C)(C)C)c(C)c3)nc12. The van der Waals surface area contributed by atoms with Crippen molar-refractivity contribution in [2.24, 2.45) is 0 Å².